The number of rotatable bonds is 10. The van der Waals surface area contributed by atoms with Gasteiger partial charge in [-0.25, -0.2) is 0 Å². The number of carbonyl (C=O) groups is 4. The second-order valence-corrected chi connectivity index (χ2v) is 10.5. The maximum absolute atomic E-state index is 13.3. The molecule has 0 bridgehead atoms. The van der Waals surface area contributed by atoms with Crippen molar-refractivity contribution in [2.75, 3.05) is 14.2 Å². The summed E-state index contributed by atoms with van der Waals surface area (Å²) in [6, 6.07) is 11.0. The lowest BCUT2D eigenvalue weighted by Crippen LogP contribution is -2.89. The van der Waals surface area contributed by atoms with Crippen molar-refractivity contribution in [3.8, 4) is 5.75 Å². The van der Waals surface area contributed by atoms with Gasteiger partial charge < -0.3 is 34.6 Å². The molecule has 2 aromatic carbocycles. The van der Waals surface area contributed by atoms with E-state index in [0.29, 0.717) is 11.3 Å². The molecular weight excluding hydrogens is 560 g/mol. The van der Waals surface area contributed by atoms with Gasteiger partial charge in [0.2, 0.25) is 17.0 Å². The summed E-state index contributed by atoms with van der Waals surface area (Å²) in [7, 11) is 2.49. The number of carbonyl (C=O) groups excluding carboxylic acids is 4. The molecule has 222 valence electrons. The monoisotopic (exact) mass is 592 g/mol. The number of benzene rings is 2. The largest absolute Gasteiger partial charge is 0.497 e. The van der Waals surface area contributed by atoms with Gasteiger partial charge in [-0.1, -0.05) is 29.8 Å². The van der Waals surface area contributed by atoms with Crippen molar-refractivity contribution >= 4 is 34.7 Å². The van der Waals surface area contributed by atoms with Gasteiger partial charge >= 0.3 is 0 Å². The standard InChI is InChI=1S/C29H33ClO11/c1-15(31)24(35)25-26(36,16(2)32)27(37,17(3)33)28(38,18(4)34)29(40-6,41-25)21-9-12-23(30)20(14-21)13-19-7-10-22(39-5)11-8-19/h7-12,14,24-25,35-38H,13H2,1-6H3/t24?,25-,26-,27+,28-,29+/m1/s1. The number of halogens is 1. The molecule has 0 aliphatic carbocycles. The fourth-order valence-corrected chi connectivity index (χ4v) is 5.69. The lowest BCUT2D eigenvalue weighted by atomic mass is 9.56. The van der Waals surface area contributed by atoms with E-state index in [4.69, 9.17) is 25.8 Å². The van der Waals surface area contributed by atoms with Crippen LogP contribution in [0.5, 0.6) is 5.75 Å². The molecule has 1 fully saturated rings. The highest BCUT2D eigenvalue weighted by molar-refractivity contribution is 6.31. The average molecular weight is 593 g/mol. The molecule has 0 amide bonds. The Bertz CT molecular complexity index is 1380. The number of ether oxygens (including phenoxy) is 3. The van der Waals surface area contributed by atoms with Crippen LogP contribution in [0.4, 0.5) is 0 Å². The van der Waals surface area contributed by atoms with E-state index in [9.17, 15) is 39.6 Å². The molecule has 1 heterocycles. The van der Waals surface area contributed by atoms with Crippen LogP contribution in [0.3, 0.4) is 0 Å². The summed E-state index contributed by atoms with van der Waals surface area (Å²) in [6.45, 7) is 3.17. The summed E-state index contributed by atoms with van der Waals surface area (Å²) in [6.07, 6.45) is -4.48. The Hall–Kier alpha value is -3.03. The van der Waals surface area contributed by atoms with Crippen molar-refractivity contribution in [2.45, 2.75) is 68.9 Å². The summed E-state index contributed by atoms with van der Waals surface area (Å²) in [4.78, 5) is 51.7. The van der Waals surface area contributed by atoms with Crippen molar-refractivity contribution in [1.29, 1.82) is 0 Å². The minimum atomic E-state index is -3.68. The molecule has 1 aliphatic heterocycles. The molecule has 1 saturated heterocycles. The lowest BCUT2D eigenvalue weighted by Gasteiger charge is -2.62. The van der Waals surface area contributed by atoms with E-state index in [-0.39, 0.29) is 17.0 Å². The van der Waals surface area contributed by atoms with Gasteiger partial charge in [0.05, 0.1) is 7.11 Å². The van der Waals surface area contributed by atoms with Crippen LogP contribution in [0.2, 0.25) is 5.02 Å². The first-order valence-corrected chi connectivity index (χ1v) is 12.9. The van der Waals surface area contributed by atoms with Crippen molar-refractivity contribution in [3.63, 3.8) is 0 Å². The van der Waals surface area contributed by atoms with Crippen LogP contribution in [-0.2, 0) is 40.9 Å². The molecule has 3 rings (SSSR count). The van der Waals surface area contributed by atoms with Crippen molar-refractivity contribution in [1.82, 2.24) is 0 Å². The molecule has 1 aliphatic rings. The number of aliphatic hydroxyl groups is 4. The highest BCUT2D eigenvalue weighted by Crippen LogP contribution is 2.56. The Morgan fingerprint density at radius 1 is 0.902 bits per heavy atom. The van der Waals surface area contributed by atoms with Gasteiger partial charge in [0.1, 0.15) is 18.0 Å². The highest BCUT2D eigenvalue weighted by atomic mass is 35.5. The van der Waals surface area contributed by atoms with Gasteiger partial charge in [-0.05, 0) is 69.5 Å². The third-order valence-corrected chi connectivity index (χ3v) is 8.15. The molecule has 0 aromatic heterocycles. The third-order valence-electron chi connectivity index (χ3n) is 7.78. The Balaban J connectivity index is 2.39. The minimum absolute atomic E-state index is 0.184. The van der Waals surface area contributed by atoms with Crippen LogP contribution in [0.15, 0.2) is 42.5 Å². The van der Waals surface area contributed by atoms with E-state index < -0.39 is 57.9 Å². The van der Waals surface area contributed by atoms with Gasteiger partial charge in [0, 0.05) is 17.7 Å². The van der Waals surface area contributed by atoms with E-state index in [2.05, 4.69) is 0 Å². The first-order valence-electron chi connectivity index (χ1n) is 12.5. The van der Waals surface area contributed by atoms with Crippen molar-refractivity contribution < 1.29 is 53.8 Å². The average Bonchev–Trinajstić information content (AvgIpc) is 2.93. The Kier molecular flexibility index (Phi) is 8.98. The summed E-state index contributed by atoms with van der Waals surface area (Å²) in [5.41, 5.74) is -9.65. The minimum Gasteiger partial charge on any atom is -0.497 e. The third kappa shape index (κ3) is 4.62. The van der Waals surface area contributed by atoms with E-state index in [1.807, 2.05) is 0 Å². The molecular formula is C29H33ClO11. The SMILES string of the molecule is COc1ccc(Cc2cc([C@]3(OC)O[C@H](C(O)C(C)=O)[C@](O)(C(C)=O)[C@@](O)(C(C)=O)[C@]3(O)C(C)=O)ccc2Cl)cc1. The zero-order valence-corrected chi connectivity index (χ0v) is 24.2. The fourth-order valence-electron chi connectivity index (χ4n) is 5.51. The van der Waals surface area contributed by atoms with Crippen LogP contribution in [0.1, 0.15) is 44.4 Å². The molecule has 4 N–H and O–H groups in total. The Morgan fingerprint density at radius 2 is 1.46 bits per heavy atom. The molecule has 0 radical (unpaired) electrons. The molecule has 1 unspecified atom stereocenters. The van der Waals surface area contributed by atoms with Gasteiger partial charge in [0.25, 0.3) is 0 Å². The van der Waals surface area contributed by atoms with Crippen LogP contribution in [-0.4, -0.2) is 86.8 Å². The second-order valence-electron chi connectivity index (χ2n) is 10.1. The van der Waals surface area contributed by atoms with Crippen LogP contribution < -0.4 is 4.74 Å². The van der Waals surface area contributed by atoms with Gasteiger partial charge in [0.15, 0.2) is 28.7 Å². The van der Waals surface area contributed by atoms with E-state index in [0.717, 1.165) is 40.4 Å². The molecule has 11 nitrogen and oxygen atoms in total. The van der Waals surface area contributed by atoms with Crippen molar-refractivity contribution in [2.24, 2.45) is 0 Å². The number of methoxy groups -OCH3 is 2. The quantitative estimate of drug-likeness (QED) is 0.310. The van der Waals surface area contributed by atoms with Crippen LogP contribution >= 0.6 is 11.6 Å². The van der Waals surface area contributed by atoms with Gasteiger partial charge in [-0.2, -0.15) is 0 Å². The Labute approximate surface area is 241 Å². The number of ketones is 4. The van der Waals surface area contributed by atoms with E-state index in [1.54, 1.807) is 24.3 Å². The topological polar surface area (TPSA) is 177 Å². The molecule has 41 heavy (non-hydrogen) atoms. The molecule has 0 spiro atoms. The summed E-state index contributed by atoms with van der Waals surface area (Å²) < 4.78 is 16.7. The molecule has 12 heteroatoms. The predicted molar refractivity (Wildman–Crippen MR) is 144 cm³/mol. The van der Waals surface area contributed by atoms with E-state index >= 15 is 0 Å². The normalized spacial score (nSPS) is 30.4. The Morgan fingerprint density at radius 3 is 1.90 bits per heavy atom. The molecule has 6 atom stereocenters. The van der Waals surface area contributed by atoms with Crippen LogP contribution in [0, 0.1) is 0 Å². The summed E-state index contributed by atoms with van der Waals surface area (Å²) >= 11 is 6.47. The van der Waals surface area contributed by atoms with E-state index in [1.165, 1.54) is 25.3 Å². The predicted octanol–water partition coefficient (Wildman–Crippen LogP) is 1.05. The molecule has 2 aromatic rings. The first-order chi connectivity index (χ1) is 19.0. The summed E-state index contributed by atoms with van der Waals surface area (Å²) in [5.74, 6) is -7.41. The van der Waals surface area contributed by atoms with Gasteiger partial charge in [-0.15, -0.1) is 0 Å². The second kappa shape index (κ2) is 11.3. The first kappa shape index (κ1) is 32.5. The number of hydrogen-bond donors (Lipinski definition) is 4. The van der Waals surface area contributed by atoms with Crippen LogP contribution in [0.25, 0.3) is 0 Å². The maximum atomic E-state index is 13.3. The number of hydrogen-bond acceptors (Lipinski definition) is 11. The van der Waals surface area contributed by atoms with Crippen molar-refractivity contribution in [3.05, 3.63) is 64.2 Å². The lowest BCUT2D eigenvalue weighted by molar-refractivity contribution is -0.424. The van der Waals surface area contributed by atoms with Gasteiger partial charge in [-0.3, -0.25) is 19.2 Å². The highest BCUT2D eigenvalue weighted by Gasteiger charge is 2.84. The molecule has 0 saturated carbocycles. The smallest absolute Gasteiger partial charge is 0.236 e. The zero-order chi connectivity index (χ0) is 31.1. The maximum Gasteiger partial charge on any atom is 0.236 e. The summed E-state index contributed by atoms with van der Waals surface area (Å²) in [5, 5.41) is 46.8. The number of aliphatic hydroxyl groups excluding tert-OH is 1. The fraction of sp³-hybridized carbons (Fsp3) is 0.448. The zero-order valence-electron chi connectivity index (χ0n) is 23.4. The number of Topliss-reactive ketones (excluding diaryl/α,β-unsaturated/α-hetero) is 4.